The minimum Gasteiger partial charge on any atom is -0.454 e. The molecule has 0 aliphatic carbocycles. The fourth-order valence-electron chi connectivity index (χ4n) is 2.38. The molecule has 0 aliphatic heterocycles. The third kappa shape index (κ3) is 11.1. The minimum absolute atomic E-state index is 0. The van der Waals surface area contributed by atoms with Gasteiger partial charge in [0.2, 0.25) is 0 Å². The lowest BCUT2D eigenvalue weighted by atomic mass is 10.1. The number of carbonyl (C=O) groups excluding carboxylic acids is 1. The van der Waals surface area contributed by atoms with Gasteiger partial charge in [0, 0.05) is 13.1 Å². The normalized spacial score (nSPS) is 11.0. The number of carbonyl (C=O) groups is 1. The summed E-state index contributed by atoms with van der Waals surface area (Å²) in [7, 11) is 0. The van der Waals surface area contributed by atoms with Crippen LogP contribution in [0.4, 0.5) is 0 Å². The molecule has 0 saturated carbocycles. The van der Waals surface area contributed by atoms with Crippen molar-refractivity contribution < 1.29 is 9.21 Å². The number of furan rings is 1. The van der Waals surface area contributed by atoms with Crippen LogP contribution in [0.3, 0.4) is 0 Å². The zero-order valence-electron chi connectivity index (χ0n) is 15.5. The topological polar surface area (TPSA) is 92.6 Å². The fraction of sp³-hybridized carbons (Fsp3) is 0.667. The molecule has 6 nitrogen and oxygen atoms in total. The third-order valence-corrected chi connectivity index (χ3v) is 3.71. The van der Waals surface area contributed by atoms with Crippen molar-refractivity contribution in [3.8, 4) is 0 Å². The first-order valence-corrected chi connectivity index (χ1v) is 9.08. The Labute approximate surface area is 168 Å². The van der Waals surface area contributed by atoms with Gasteiger partial charge in [-0.15, -0.1) is 24.0 Å². The summed E-state index contributed by atoms with van der Waals surface area (Å²) in [5, 5.41) is 6.53. The van der Waals surface area contributed by atoms with Crippen molar-refractivity contribution >= 4 is 35.8 Å². The molecule has 0 bridgehead atoms. The molecule has 0 atom stereocenters. The van der Waals surface area contributed by atoms with Crippen molar-refractivity contribution in [2.45, 2.75) is 65.3 Å². The zero-order chi connectivity index (χ0) is 17.6. The molecule has 25 heavy (non-hydrogen) atoms. The highest BCUT2D eigenvalue weighted by atomic mass is 127. The molecule has 0 radical (unpaired) electrons. The van der Waals surface area contributed by atoms with Gasteiger partial charge in [0.1, 0.15) is 12.3 Å². The van der Waals surface area contributed by atoms with Crippen LogP contribution in [0.15, 0.2) is 21.5 Å². The lowest BCUT2D eigenvalue weighted by molar-refractivity contribution is 0.0972. The average Bonchev–Trinajstić information content (AvgIpc) is 3.04. The van der Waals surface area contributed by atoms with Crippen LogP contribution in [0.1, 0.15) is 75.1 Å². The van der Waals surface area contributed by atoms with E-state index in [0.29, 0.717) is 12.3 Å². The van der Waals surface area contributed by atoms with Crippen molar-refractivity contribution in [1.29, 1.82) is 0 Å². The number of guanidine groups is 1. The molecular weight excluding hydrogens is 431 g/mol. The number of nitrogens with two attached hydrogens (primary N) is 1. The molecule has 1 aromatic heterocycles. The lowest BCUT2D eigenvalue weighted by Gasteiger charge is -2.10. The highest BCUT2D eigenvalue weighted by Gasteiger charge is 2.06. The van der Waals surface area contributed by atoms with Gasteiger partial charge >= 0.3 is 0 Å². The first-order valence-electron chi connectivity index (χ1n) is 9.08. The Kier molecular flexibility index (Phi) is 14.3. The van der Waals surface area contributed by atoms with E-state index in [0.717, 1.165) is 25.5 Å². The number of unbranched alkanes of at least 4 members (excludes halogenated alkanes) is 6. The van der Waals surface area contributed by atoms with Gasteiger partial charge < -0.3 is 20.8 Å². The van der Waals surface area contributed by atoms with Crippen LogP contribution in [-0.4, -0.2) is 25.0 Å². The van der Waals surface area contributed by atoms with Gasteiger partial charge in [0.05, 0.1) is 0 Å². The molecule has 0 saturated heterocycles. The fourth-order valence-corrected chi connectivity index (χ4v) is 2.38. The van der Waals surface area contributed by atoms with E-state index in [2.05, 4.69) is 22.5 Å². The Balaban J connectivity index is 0.00000576. The number of aliphatic imine (C=N–C) groups is 1. The molecule has 144 valence electrons. The molecular formula is C18H33IN4O2. The van der Waals surface area contributed by atoms with Gasteiger partial charge in [0.25, 0.3) is 5.91 Å². The maximum atomic E-state index is 11.0. The maximum absolute atomic E-state index is 11.0. The number of hydrogen-bond acceptors (Lipinski definition) is 3. The van der Waals surface area contributed by atoms with E-state index in [1.807, 2.05) is 6.92 Å². The highest BCUT2D eigenvalue weighted by Crippen LogP contribution is 2.08. The second-order valence-electron chi connectivity index (χ2n) is 5.87. The van der Waals surface area contributed by atoms with Crippen molar-refractivity contribution in [3.05, 3.63) is 23.7 Å². The Bertz CT molecular complexity index is 503. The first-order chi connectivity index (χ1) is 11.7. The van der Waals surface area contributed by atoms with Crippen LogP contribution in [0.2, 0.25) is 0 Å². The largest absolute Gasteiger partial charge is 0.454 e. The van der Waals surface area contributed by atoms with E-state index in [1.54, 1.807) is 12.1 Å². The SMILES string of the molecule is CCCCCCCCCNC(=NCc1ccc(C(N)=O)o1)NCC.I. The van der Waals surface area contributed by atoms with Gasteiger partial charge in [-0.2, -0.15) is 0 Å². The van der Waals surface area contributed by atoms with Crippen LogP contribution < -0.4 is 16.4 Å². The average molecular weight is 464 g/mol. The van der Waals surface area contributed by atoms with E-state index in [9.17, 15) is 4.79 Å². The van der Waals surface area contributed by atoms with Gasteiger partial charge in [-0.25, -0.2) is 4.99 Å². The van der Waals surface area contributed by atoms with Crippen molar-refractivity contribution in [2.24, 2.45) is 10.7 Å². The summed E-state index contributed by atoms with van der Waals surface area (Å²) in [5.74, 6) is 0.993. The molecule has 7 heteroatoms. The molecule has 1 heterocycles. The zero-order valence-corrected chi connectivity index (χ0v) is 17.8. The summed E-state index contributed by atoms with van der Waals surface area (Å²) in [6.07, 6.45) is 9.02. The quantitative estimate of drug-likeness (QED) is 0.190. The molecule has 4 N–H and O–H groups in total. The van der Waals surface area contributed by atoms with Gasteiger partial charge in [-0.1, -0.05) is 45.4 Å². The summed E-state index contributed by atoms with van der Waals surface area (Å²) >= 11 is 0. The molecule has 1 aromatic rings. The number of nitrogens with one attached hydrogen (secondary N) is 2. The monoisotopic (exact) mass is 464 g/mol. The van der Waals surface area contributed by atoms with E-state index >= 15 is 0 Å². The first kappa shape index (κ1) is 23.8. The van der Waals surface area contributed by atoms with Crippen LogP contribution in [0, 0.1) is 0 Å². The molecule has 1 rings (SSSR count). The van der Waals surface area contributed by atoms with Gasteiger partial charge in [0.15, 0.2) is 11.7 Å². The predicted octanol–water partition coefficient (Wildman–Crippen LogP) is 3.80. The van der Waals surface area contributed by atoms with Crippen LogP contribution in [-0.2, 0) is 6.54 Å². The second-order valence-corrected chi connectivity index (χ2v) is 5.87. The Morgan fingerprint density at radius 2 is 1.76 bits per heavy atom. The predicted molar refractivity (Wildman–Crippen MR) is 113 cm³/mol. The number of halogens is 1. The molecule has 0 aliphatic rings. The van der Waals surface area contributed by atoms with Gasteiger partial charge in [-0.3, -0.25) is 4.79 Å². The molecule has 0 spiro atoms. The van der Waals surface area contributed by atoms with E-state index in [-0.39, 0.29) is 29.7 Å². The van der Waals surface area contributed by atoms with Crippen LogP contribution in [0.25, 0.3) is 0 Å². The van der Waals surface area contributed by atoms with Crippen LogP contribution in [0.5, 0.6) is 0 Å². The lowest BCUT2D eigenvalue weighted by Crippen LogP contribution is -2.37. The third-order valence-electron chi connectivity index (χ3n) is 3.71. The maximum Gasteiger partial charge on any atom is 0.284 e. The van der Waals surface area contributed by atoms with Crippen molar-refractivity contribution in [3.63, 3.8) is 0 Å². The highest BCUT2D eigenvalue weighted by molar-refractivity contribution is 14.0. The smallest absolute Gasteiger partial charge is 0.284 e. The Hall–Kier alpha value is -1.25. The summed E-state index contributed by atoms with van der Waals surface area (Å²) in [4.78, 5) is 15.5. The Morgan fingerprint density at radius 3 is 2.36 bits per heavy atom. The summed E-state index contributed by atoms with van der Waals surface area (Å²) in [6, 6.07) is 3.30. The number of amides is 1. The van der Waals surface area contributed by atoms with Crippen LogP contribution >= 0.6 is 24.0 Å². The minimum atomic E-state index is -0.561. The van der Waals surface area contributed by atoms with E-state index in [4.69, 9.17) is 10.2 Å². The van der Waals surface area contributed by atoms with E-state index in [1.165, 1.54) is 38.5 Å². The van der Waals surface area contributed by atoms with Crippen molar-refractivity contribution in [1.82, 2.24) is 10.6 Å². The summed E-state index contributed by atoms with van der Waals surface area (Å²) in [5.41, 5.74) is 5.17. The second kappa shape index (κ2) is 15.0. The molecule has 1 amide bonds. The molecule has 0 aromatic carbocycles. The van der Waals surface area contributed by atoms with E-state index < -0.39 is 5.91 Å². The summed E-state index contributed by atoms with van der Waals surface area (Å²) < 4.78 is 5.33. The number of primary amides is 1. The number of nitrogens with zero attached hydrogens (tertiary/aromatic N) is 1. The Morgan fingerprint density at radius 1 is 1.08 bits per heavy atom. The standard InChI is InChI=1S/C18H32N4O2.HI/c1-3-5-6-7-8-9-10-13-21-18(20-4-2)22-14-15-11-12-16(24-15)17(19)23;/h11-12H,3-10,13-14H2,1-2H3,(H2,19,23)(H2,20,21,22);1H. The van der Waals surface area contributed by atoms with Crippen molar-refractivity contribution in [2.75, 3.05) is 13.1 Å². The van der Waals surface area contributed by atoms with Gasteiger partial charge in [-0.05, 0) is 25.5 Å². The molecule has 0 fully saturated rings. The number of hydrogen-bond donors (Lipinski definition) is 3. The molecule has 0 unspecified atom stereocenters. The summed E-state index contributed by atoms with van der Waals surface area (Å²) in [6.45, 7) is 6.35. The number of rotatable bonds is 12.